The van der Waals surface area contributed by atoms with Crippen LogP contribution in [0.4, 0.5) is 5.69 Å². The smallest absolute Gasteiger partial charge is 0.321 e. The first-order valence-electron chi connectivity index (χ1n) is 5.91. The number of carbonyl (C=O) groups excluding carboxylic acids is 1. The second-order valence-corrected chi connectivity index (χ2v) is 5.21. The SMILES string of the molecule is COC(=O)C(Br)CN1CCCOc2ccccc21. The lowest BCUT2D eigenvalue weighted by Crippen LogP contribution is -2.34. The topological polar surface area (TPSA) is 38.8 Å². The van der Waals surface area contributed by atoms with Gasteiger partial charge in [-0.05, 0) is 18.6 Å². The number of carbonyl (C=O) groups is 1. The molecule has 98 valence electrons. The zero-order valence-corrected chi connectivity index (χ0v) is 11.9. The number of anilines is 1. The highest BCUT2D eigenvalue weighted by molar-refractivity contribution is 9.10. The van der Waals surface area contributed by atoms with Crippen LogP contribution in [0, 0.1) is 0 Å². The maximum atomic E-state index is 11.5. The van der Waals surface area contributed by atoms with Crippen molar-refractivity contribution in [3.63, 3.8) is 0 Å². The van der Waals surface area contributed by atoms with E-state index < -0.39 is 0 Å². The second-order valence-electron chi connectivity index (χ2n) is 4.11. The molecule has 2 rings (SSSR count). The molecule has 0 radical (unpaired) electrons. The Hall–Kier alpha value is -1.23. The van der Waals surface area contributed by atoms with Gasteiger partial charge >= 0.3 is 5.97 Å². The molecule has 4 nitrogen and oxygen atoms in total. The molecule has 0 amide bonds. The van der Waals surface area contributed by atoms with Crippen LogP contribution in [0.3, 0.4) is 0 Å². The first-order valence-corrected chi connectivity index (χ1v) is 6.82. The van der Waals surface area contributed by atoms with Crippen LogP contribution in [0.1, 0.15) is 6.42 Å². The van der Waals surface area contributed by atoms with Crippen molar-refractivity contribution < 1.29 is 14.3 Å². The maximum Gasteiger partial charge on any atom is 0.321 e. The lowest BCUT2D eigenvalue weighted by molar-refractivity contribution is -0.139. The van der Waals surface area contributed by atoms with Crippen molar-refractivity contribution in [3.8, 4) is 5.75 Å². The summed E-state index contributed by atoms with van der Waals surface area (Å²) in [4.78, 5) is 13.3. The molecule has 1 unspecified atom stereocenters. The molecule has 1 aliphatic rings. The van der Waals surface area contributed by atoms with Crippen LogP contribution >= 0.6 is 15.9 Å². The summed E-state index contributed by atoms with van der Waals surface area (Å²) in [6.07, 6.45) is 0.940. The number of fused-ring (bicyclic) bond motifs is 1. The van der Waals surface area contributed by atoms with E-state index in [0.29, 0.717) is 13.2 Å². The van der Waals surface area contributed by atoms with E-state index in [2.05, 4.69) is 20.8 Å². The summed E-state index contributed by atoms with van der Waals surface area (Å²) in [6.45, 7) is 2.15. The Bertz CT molecular complexity index is 424. The number of para-hydroxylation sites is 2. The monoisotopic (exact) mass is 313 g/mol. The third kappa shape index (κ3) is 2.96. The minimum Gasteiger partial charge on any atom is -0.491 e. The van der Waals surface area contributed by atoms with Crippen molar-refractivity contribution >= 4 is 27.6 Å². The molecule has 1 aromatic rings. The van der Waals surface area contributed by atoms with Crippen LogP contribution in [-0.4, -0.2) is 37.6 Å². The van der Waals surface area contributed by atoms with Crippen LogP contribution in [0.2, 0.25) is 0 Å². The largest absolute Gasteiger partial charge is 0.491 e. The first kappa shape index (κ1) is 13.2. The Morgan fingerprint density at radius 1 is 1.56 bits per heavy atom. The van der Waals surface area contributed by atoms with Crippen molar-refractivity contribution in [2.24, 2.45) is 0 Å². The number of methoxy groups -OCH3 is 1. The fourth-order valence-corrected chi connectivity index (χ4v) is 2.52. The van der Waals surface area contributed by atoms with E-state index >= 15 is 0 Å². The van der Waals surface area contributed by atoms with Gasteiger partial charge < -0.3 is 14.4 Å². The van der Waals surface area contributed by atoms with Gasteiger partial charge in [0, 0.05) is 13.1 Å². The summed E-state index contributed by atoms with van der Waals surface area (Å²) in [5, 5.41) is 0. The van der Waals surface area contributed by atoms with Gasteiger partial charge in [0.2, 0.25) is 0 Å². The standard InChI is InChI=1S/C13H16BrNO3/c1-17-13(16)10(14)9-15-7-4-8-18-12-6-3-2-5-11(12)15/h2-3,5-6,10H,4,7-9H2,1H3. The molecule has 0 N–H and O–H groups in total. The lowest BCUT2D eigenvalue weighted by Gasteiger charge is -2.25. The maximum absolute atomic E-state index is 11.5. The van der Waals surface area contributed by atoms with Gasteiger partial charge in [0.15, 0.2) is 0 Å². The van der Waals surface area contributed by atoms with Gasteiger partial charge in [0.1, 0.15) is 10.6 Å². The van der Waals surface area contributed by atoms with Crippen molar-refractivity contribution in [3.05, 3.63) is 24.3 Å². The van der Waals surface area contributed by atoms with Crippen molar-refractivity contribution in [2.75, 3.05) is 31.7 Å². The summed E-state index contributed by atoms with van der Waals surface area (Å²) in [5.74, 6) is 0.622. The van der Waals surface area contributed by atoms with E-state index in [1.54, 1.807) is 0 Å². The Balaban J connectivity index is 2.15. The Kier molecular flexibility index (Phi) is 4.47. The average molecular weight is 314 g/mol. The van der Waals surface area contributed by atoms with E-state index in [9.17, 15) is 4.79 Å². The highest BCUT2D eigenvalue weighted by Crippen LogP contribution is 2.30. The Labute approximate surface area is 115 Å². The van der Waals surface area contributed by atoms with Crippen molar-refractivity contribution in [2.45, 2.75) is 11.2 Å². The molecule has 1 aliphatic heterocycles. The number of nitrogens with zero attached hydrogens (tertiary/aromatic N) is 1. The molecule has 0 saturated carbocycles. The third-order valence-corrected chi connectivity index (χ3v) is 3.54. The summed E-state index contributed by atoms with van der Waals surface area (Å²) in [6, 6.07) is 7.89. The minimum atomic E-state index is -0.325. The number of benzene rings is 1. The molecule has 1 aromatic carbocycles. The average Bonchev–Trinajstić information content (AvgIpc) is 2.60. The molecular formula is C13H16BrNO3. The molecule has 1 atom stereocenters. The van der Waals surface area contributed by atoms with Gasteiger partial charge in [-0.2, -0.15) is 0 Å². The van der Waals surface area contributed by atoms with Crippen molar-refractivity contribution in [1.29, 1.82) is 0 Å². The van der Waals surface area contributed by atoms with Gasteiger partial charge in [-0.15, -0.1) is 0 Å². The van der Waals surface area contributed by atoms with Gasteiger partial charge in [-0.3, -0.25) is 4.79 Å². The summed E-state index contributed by atoms with van der Waals surface area (Å²) in [7, 11) is 1.40. The number of hydrogen-bond donors (Lipinski definition) is 0. The normalized spacial score (nSPS) is 16.2. The van der Waals surface area contributed by atoms with Crippen LogP contribution in [0.25, 0.3) is 0 Å². The quantitative estimate of drug-likeness (QED) is 0.633. The van der Waals surface area contributed by atoms with E-state index in [4.69, 9.17) is 9.47 Å². The lowest BCUT2D eigenvalue weighted by atomic mass is 10.2. The molecular weight excluding hydrogens is 298 g/mol. The zero-order valence-electron chi connectivity index (χ0n) is 10.3. The predicted molar refractivity (Wildman–Crippen MR) is 73.5 cm³/mol. The zero-order chi connectivity index (χ0) is 13.0. The van der Waals surface area contributed by atoms with Crippen LogP contribution in [0.15, 0.2) is 24.3 Å². The van der Waals surface area contributed by atoms with E-state index in [1.165, 1.54) is 7.11 Å². The number of rotatable bonds is 3. The Morgan fingerprint density at radius 3 is 3.11 bits per heavy atom. The molecule has 18 heavy (non-hydrogen) atoms. The van der Waals surface area contributed by atoms with E-state index in [1.807, 2.05) is 24.3 Å². The molecule has 0 aliphatic carbocycles. The fourth-order valence-electron chi connectivity index (χ4n) is 1.98. The minimum absolute atomic E-state index is 0.252. The Morgan fingerprint density at radius 2 is 2.33 bits per heavy atom. The van der Waals surface area contributed by atoms with Crippen molar-refractivity contribution in [1.82, 2.24) is 0 Å². The number of halogens is 1. The summed E-state index contributed by atoms with van der Waals surface area (Å²) < 4.78 is 10.4. The first-order chi connectivity index (χ1) is 8.72. The second kappa shape index (κ2) is 6.09. The molecule has 1 heterocycles. The summed E-state index contributed by atoms with van der Waals surface area (Å²) in [5.41, 5.74) is 1.03. The van der Waals surface area contributed by atoms with Crippen LogP contribution in [0.5, 0.6) is 5.75 Å². The van der Waals surface area contributed by atoms with Crippen LogP contribution < -0.4 is 9.64 Å². The van der Waals surface area contributed by atoms with Gasteiger partial charge in [0.05, 0.1) is 19.4 Å². The van der Waals surface area contributed by atoms with Gasteiger partial charge in [-0.1, -0.05) is 28.1 Å². The van der Waals surface area contributed by atoms with Gasteiger partial charge in [0.25, 0.3) is 0 Å². The molecule has 0 bridgehead atoms. The number of esters is 1. The van der Waals surface area contributed by atoms with Crippen LogP contribution in [-0.2, 0) is 9.53 Å². The summed E-state index contributed by atoms with van der Waals surface area (Å²) >= 11 is 3.36. The predicted octanol–water partition coefficient (Wildman–Crippen LogP) is 2.21. The van der Waals surface area contributed by atoms with Gasteiger partial charge in [-0.25, -0.2) is 0 Å². The molecule has 0 spiro atoms. The molecule has 0 saturated heterocycles. The van der Waals surface area contributed by atoms with E-state index in [-0.39, 0.29) is 10.8 Å². The fraction of sp³-hybridized carbons (Fsp3) is 0.462. The van der Waals surface area contributed by atoms with E-state index in [0.717, 1.165) is 24.4 Å². The molecule has 5 heteroatoms. The third-order valence-electron chi connectivity index (χ3n) is 2.87. The highest BCUT2D eigenvalue weighted by atomic mass is 79.9. The number of hydrogen-bond acceptors (Lipinski definition) is 4. The highest BCUT2D eigenvalue weighted by Gasteiger charge is 2.22. The molecule has 0 fully saturated rings. The number of alkyl halides is 1. The molecule has 0 aromatic heterocycles. The number of ether oxygens (including phenoxy) is 2.